The van der Waals surface area contributed by atoms with Crippen LogP contribution in [0, 0.1) is 32.9 Å². The van der Waals surface area contributed by atoms with Crippen molar-refractivity contribution >= 4 is 49.4 Å². The number of aryl methyl sites for hydroxylation is 3. The maximum absolute atomic E-state index is 6.81. The fourth-order valence-electron chi connectivity index (χ4n) is 10.00. The van der Waals surface area contributed by atoms with Crippen molar-refractivity contribution < 1.29 is 25.8 Å². The van der Waals surface area contributed by atoms with E-state index in [2.05, 4.69) is 163 Å². The van der Waals surface area contributed by atoms with Crippen molar-refractivity contribution in [2.45, 2.75) is 26.2 Å². The molecule has 0 N–H and O–H groups in total. The van der Waals surface area contributed by atoms with Gasteiger partial charge in [-0.3, -0.25) is 9.97 Å². The molecule has 0 unspecified atom stereocenters. The maximum atomic E-state index is 6.81. The predicted molar refractivity (Wildman–Crippen MR) is 236 cm³/mol. The molecular weight excluding hydrogens is 918 g/mol. The minimum Gasteiger partial charge on any atom is -0.503 e. The van der Waals surface area contributed by atoms with E-state index in [0.29, 0.717) is 11.5 Å². The Kier molecular flexibility index (Phi) is 8.20. The zero-order chi connectivity index (χ0) is 39.4. The summed E-state index contributed by atoms with van der Waals surface area (Å²) in [5, 5.41) is 4.04. The van der Waals surface area contributed by atoms with E-state index < -0.39 is 5.41 Å². The molecule has 0 saturated heterocycles. The van der Waals surface area contributed by atoms with Crippen molar-refractivity contribution in [2.24, 2.45) is 0 Å². The first kappa shape index (κ1) is 36.2. The molecule has 0 aliphatic carbocycles. The van der Waals surface area contributed by atoms with Crippen LogP contribution in [0.1, 0.15) is 38.9 Å². The topological polar surface area (TPSA) is 57.2 Å². The molecule has 0 amide bonds. The van der Waals surface area contributed by atoms with Crippen LogP contribution in [-0.4, -0.2) is 23.9 Å². The molecular formula is C53H35N5OPt. The van der Waals surface area contributed by atoms with Crippen LogP contribution in [0.3, 0.4) is 0 Å². The average molecular weight is 953 g/mol. The van der Waals surface area contributed by atoms with Crippen LogP contribution in [-0.2, 0) is 26.5 Å². The number of pyridine rings is 3. The van der Waals surface area contributed by atoms with Crippen molar-refractivity contribution in [3.63, 3.8) is 0 Å². The van der Waals surface area contributed by atoms with Crippen LogP contribution in [0.4, 0.5) is 0 Å². The smallest absolute Gasteiger partial charge is 0.503 e. The summed E-state index contributed by atoms with van der Waals surface area (Å²) in [5.74, 6) is 1.14. The van der Waals surface area contributed by atoms with E-state index in [4.69, 9.17) is 19.7 Å². The number of nitrogens with zero attached hydrogens (tertiary/aromatic N) is 5. The molecule has 12 rings (SSSR count). The van der Waals surface area contributed by atoms with Crippen molar-refractivity contribution in [3.8, 4) is 28.4 Å². The van der Waals surface area contributed by atoms with Crippen LogP contribution in [0.25, 0.3) is 66.3 Å². The molecule has 1 aliphatic rings. The quantitative estimate of drug-likeness (QED) is 0.127. The monoisotopic (exact) mass is 952 g/mol. The van der Waals surface area contributed by atoms with Crippen LogP contribution in [0.5, 0.6) is 11.5 Å². The van der Waals surface area contributed by atoms with Crippen LogP contribution in [0.2, 0.25) is 0 Å². The van der Waals surface area contributed by atoms with Crippen molar-refractivity contribution in [1.82, 2.24) is 23.9 Å². The Morgan fingerprint density at radius 1 is 0.600 bits per heavy atom. The molecule has 6 heterocycles. The van der Waals surface area contributed by atoms with Gasteiger partial charge in [-0.15, -0.1) is 23.8 Å². The molecule has 0 spiro atoms. The number of ether oxygens (including phenoxy) is 1. The Bertz CT molecular complexity index is 3450. The fourth-order valence-corrected chi connectivity index (χ4v) is 10.00. The number of benzene rings is 6. The molecule has 7 heteroatoms. The van der Waals surface area contributed by atoms with E-state index >= 15 is 0 Å². The van der Waals surface area contributed by atoms with Gasteiger partial charge in [0.25, 0.3) is 0 Å². The van der Waals surface area contributed by atoms with E-state index in [9.17, 15) is 0 Å². The molecule has 0 atom stereocenters. The minimum atomic E-state index is -0.641. The Labute approximate surface area is 361 Å². The largest absolute Gasteiger partial charge is 2.00 e. The summed E-state index contributed by atoms with van der Waals surface area (Å²) in [6.45, 7) is 6.45. The van der Waals surface area contributed by atoms with Gasteiger partial charge < -0.3 is 13.7 Å². The Morgan fingerprint density at radius 2 is 1.28 bits per heavy atom. The average Bonchev–Trinajstić information content (AvgIpc) is 3.86. The number of rotatable bonds is 5. The maximum Gasteiger partial charge on any atom is 2.00 e. The summed E-state index contributed by atoms with van der Waals surface area (Å²) in [5.41, 5.74) is 15.3. The molecule has 60 heavy (non-hydrogen) atoms. The summed E-state index contributed by atoms with van der Waals surface area (Å²) in [6.07, 6.45) is 5.83. The fraction of sp³-hybridized carbons (Fsp3) is 0.0755. The van der Waals surface area contributed by atoms with E-state index in [-0.39, 0.29) is 21.1 Å². The number of aromatic nitrogens is 5. The first-order valence-electron chi connectivity index (χ1n) is 19.9. The molecule has 6 aromatic carbocycles. The van der Waals surface area contributed by atoms with Crippen molar-refractivity contribution in [3.05, 3.63) is 209 Å². The molecule has 6 nitrogen and oxygen atoms in total. The summed E-state index contributed by atoms with van der Waals surface area (Å²) < 4.78 is 11.2. The number of para-hydroxylation sites is 1. The van der Waals surface area contributed by atoms with Gasteiger partial charge in [0, 0.05) is 51.8 Å². The molecule has 0 bridgehead atoms. The van der Waals surface area contributed by atoms with Crippen LogP contribution >= 0.6 is 0 Å². The minimum absolute atomic E-state index is 0. The number of fused-ring (bicyclic) bond motifs is 11. The zero-order valence-electron chi connectivity index (χ0n) is 33.0. The molecule has 0 saturated carbocycles. The first-order chi connectivity index (χ1) is 29.0. The summed E-state index contributed by atoms with van der Waals surface area (Å²) in [7, 11) is 0. The summed E-state index contributed by atoms with van der Waals surface area (Å²) >= 11 is 0. The Hall–Kier alpha value is -6.88. The predicted octanol–water partition coefficient (Wildman–Crippen LogP) is 12.2. The Morgan fingerprint density at radius 3 is 2.05 bits per heavy atom. The number of hydrogen-bond acceptors (Lipinski definition) is 4. The van der Waals surface area contributed by atoms with E-state index in [1.807, 2.05) is 36.7 Å². The standard InChI is InChI=1S/C53H35N5O.Pt/c1-32-27-33(2)48(34(3)28-32)45-31-57-46-20-12-25-54-49(46)39-23-21-37(29-42(39)52(57)56-45)59-38-22-24-43-47(30-38)58-50-40(41-18-11-26-55-51(41)58)17-10-19-44(50)53(43,35-13-6-4-7-14-35)36-15-8-5-9-16-36;/h4-28,31H,1-3H3;/q-2;+2. The van der Waals surface area contributed by atoms with Gasteiger partial charge in [-0.05, 0) is 72.9 Å². The third-order valence-corrected chi connectivity index (χ3v) is 12.2. The van der Waals surface area contributed by atoms with Gasteiger partial charge in [-0.2, -0.15) is 6.07 Å². The van der Waals surface area contributed by atoms with Crippen LogP contribution in [0.15, 0.2) is 158 Å². The van der Waals surface area contributed by atoms with Crippen molar-refractivity contribution in [2.75, 3.05) is 0 Å². The van der Waals surface area contributed by atoms with E-state index in [1.54, 1.807) is 0 Å². The van der Waals surface area contributed by atoms with Gasteiger partial charge in [0.1, 0.15) is 5.65 Å². The summed E-state index contributed by atoms with van der Waals surface area (Å²) in [6, 6.07) is 56.7. The second kappa shape index (κ2) is 13.6. The van der Waals surface area contributed by atoms with Gasteiger partial charge in [0.15, 0.2) is 0 Å². The van der Waals surface area contributed by atoms with Gasteiger partial charge in [0.2, 0.25) is 0 Å². The SMILES string of the molecule is Cc1cc(C)c(-c2cn3c4cccnc4c4ccc(Oc5[c-]c6c(cc5)C(c5ccccc5)(c5ccccc5)c5cccc7c8cccnc8n-6c57)[c-]c4c3n2)c(C)c1.[Pt+2]. The second-order valence-electron chi connectivity index (χ2n) is 15.7. The van der Waals surface area contributed by atoms with E-state index in [1.165, 1.54) is 33.4 Å². The van der Waals surface area contributed by atoms with Gasteiger partial charge >= 0.3 is 21.1 Å². The van der Waals surface area contributed by atoms with E-state index in [0.717, 1.165) is 71.9 Å². The van der Waals surface area contributed by atoms with Gasteiger partial charge in [0.05, 0.1) is 27.9 Å². The molecule has 288 valence electrons. The number of hydrogen-bond donors (Lipinski definition) is 0. The third kappa shape index (κ3) is 5.07. The molecule has 0 fully saturated rings. The van der Waals surface area contributed by atoms with Crippen molar-refractivity contribution in [1.29, 1.82) is 0 Å². The van der Waals surface area contributed by atoms with Gasteiger partial charge in [-0.25, -0.2) is 4.98 Å². The zero-order valence-corrected chi connectivity index (χ0v) is 35.2. The molecule has 5 aromatic heterocycles. The van der Waals surface area contributed by atoms with Gasteiger partial charge in [-0.1, -0.05) is 125 Å². The summed E-state index contributed by atoms with van der Waals surface area (Å²) in [4.78, 5) is 15.1. The molecule has 1 aliphatic heterocycles. The first-order valence-corrected chi connectivity index (χ1v) is 19.9. The molecule has 11 aromatic rings. The number of imidazole rings is 1. The molecule has 0 radical (unpaired) electrons. The third-order valence-electron chi connectivity index (χ3n) is 12.2. The second-order valence-corrected chi connectivity index (χ2v) is 15.7. The Balaban J connectivity index is 0.00000408. The normalized spacial score (nSPS) is 12.9. The van der Waals surface area contributed by atoms with Crippen LogP contribution < -0.4 is 4.74 Å².